The van der Waals surface area contributed by atoms with Crippen LogP contribution in [0.3, 0.4) is 0 Å². The van der Waals surface area contributed by atoms with Crippen molar-refractivity contribution in [3.63, 3.8) is 0 Å². The summed E-state index contributed by atoms with van der Waals surface area (Å²) in [5.74, 6) is 0. The molecule has 0 atom stereocenters. The standard InChI is InChI=1S/C17H23N3O2S/c1-14-17(13-20(19-14)16-9-5-6-10-16)23(21,22)18-12-11-15-7-3-2-4-8-15/h2-4,7-8,13,16,18H,5-6,9-12H2,1H3. The topological polar surface area (TPSA) is 64.0 Å². The Bertz CT molecular complexity index is 747. The van der Waals surface area contributed by atoms with Gasteiger partial charge in [-0.1, -0.05) is 43.2 Å². The highest BCUT2D eigenvalue weighted by Crippen LogP contribution is 2.30. The van der Waals surface area contributed by atoms with Gasteiger partial charge in [0.15, 0.2) is 0 Å². The Hall–Kier alpha value is -1.66. The maximum atomic E-state index is 12.5. The molecule has 1 fully saturated rings. The van der Waals surface area contributed by atoms with Crippen LogP contribution in [-0.4, -0.2) is 24.7 Å². The molecule has 6 heteroatoms. The Morgan fingerprint density at radius 3 is 2.61 bits per heavy atom. The fourth-order valence-corrected chi connectivity index (χ4v) is 4.34. The number of sulfonamides is 1. The zero-order chi connectivity index (χ0) is 16.3. The zero-order valence-corrected chi connectivity index (χ0v) is 14.2. The van der Waals surface area contributed by atoms with Crippen molar-refractivity contribution < 1.29 is 8.42 Å². The lowest BCUT2D eigenvalue weighted by Gasteiger charge is -2.08. The van der Waals surface area contributed by atoms with Gasteiger partial charge in [-0.2, -0.15) is 5.10 Å². The molecule has 0 saturated heterocycles. The second-order valence-electron chi connectivity index (χ2n) is 6.13. The zero-order valence-electron chi connectivity index (χ0n) is 13.4. The normalized spacial score (nSPS) is 16.0. The minimum Gasteiger partial charge on any atom is -0.268 e. The summed E-state index contributed by atoms with van der Waals surface area (Å²) in [6, 6.07) is 10.2. The highest BCUT2D eigenvalue weighted by atomic mass is 32.2. The Morgan fingerprint density at radius 2 is 1.91 bits per heavy atom. The van der Waals surface area contributed by atoms with Crippen LogP contribution in [0.5, 0.6) is 0 Å². The van der Waals surface area contributed by atoms with Gasteiger partial charge < -0.3 is 0 Å². The molecule has 0 unspecified atom stereocenters. The first kappa shape index (κ1) is 16.2. The lowest BCUT2D eigenvalue weighted by atomic mass is 10.2. The van der Waals surface area contributed by atoms with Gasteiger partial charge in [-0.25, -0.2) is 13.1 Å². The molecule has 1 heterocycles. The molecular formula is C17H23N3O2S. The average molecular weight is 333 g/mol. The van der Waals surface area contributed by atoms with Crippen molar-refractivity contribution >= 4 is 10.0 Å². The highest BCUT2D eigenvalue weighted by Gasteiger charge is 2.24. The third kappa shape index (κ3) is 3.82. The van der Waals surface area contributed by atoms with E-state index in [2.05, 4.69) is 9.82 Å². The van der Waals surface area contributed by atoms with E-state index in [1.54, 1.807) is 13.1 Å². The Labute approximate surface area is 137 Å². The van der Waals surface area contributed by atoms with Crippen molar-refractivity contribution in [1.29, 1.82) is 0 Å². The Kier molecular flexibility index (Phi) is 4.82. The molecule has 1 aliphatic rings. The van der Waals surface area contributed by atoms with Gasteiger partial charge in [-0.3, -0.25) is 4.68 Å². The van der Waals surface area contributed by atoms with Gasteiger partial charge in [0, 0.05) is 12.7 Å². The molecule has 1 aromatic carbocycles. The summed E-state index contributed by atoms with van der Waals surface area (Å²) >= 11 is 0. The molecule has 1 aromatic heterocycles. The summed E-state index contributed by atoms with van der Waals surface area (Å²) in [5.41, 5.74) is 1.69. The van der Waals surface area contributed by atoms with Crippen LogP contribution in [0.25, 0.3) is 0 Å². The van der Waals surface area contributed by atoms with Gasteiger partial charge in [0.2, 0.25) is 10.0 Å². The molecule has 0 amide bonds. The van der Waals surface area contributed by atoms with Gasteiger partial charge in [-0.15, -0.1) is 0 Å². The molecule has 2 aromatic rings. The van der Waals surface area contributed by atoms with Gasteiger partial charge in [0.25, 0.3) is 0 Å². The molecule has 1 N–H and O–H groups in total. The third-order valence-electron chi connectivity index (χ3n) is 4.41. The Morgan fingerprint density at radius 1 is 1.22 bits per heavy atom. The molecule has 124 valence electrons. The molecule has 0 spiro atoms. The minimum atomic E-state index is -3.50. The first-order valence-corrected chi connectivity index (χ1v) is 9.64. The van der Waals surface area contributed by atoms with Gasteiger partial charge in [0.1, 0.15) is 4.90 Å². The number of aryl methyl sites for hydroxylation is 1. The number of hydrogen-bond acceptors (Lipinski definition) is 3. The van der Waals surface area contributed by atoms with E-state index in [-0.39, 0.29) is 0 Å². The predicted molar refractivity (Wildman–Crippen MR) is 89.8 cm³/mol. The third-order valence-corrected chi connectivity index (χ3v) is 5.97. The molecular weight excluding hydrogens is 310 g/mol. The second kappa shape index (κ2) is 6.84. The van der Waals surface area contributed by atoms with Crippen molar-refractivity contribution in [3.05, 3.63) is 47.8 Å². The number of aromatic nitrogens is 2. The van der Waals surface area contributed by atoms with Gasteiger partial charge in [0.05, 0.1) is 11.7 Å². The maximum Gasteiger partial charge on any atom is 0.243 e. The summed E-state index contributed by atoms with van der Waals surface area (Å²) in [6.45, 7) is 2.15. The lowest BCUT2D eigenvalue weighted by Crippen LogP contribution is -2.26. The van der Waals surface area contributed by atoms with Crippen LogP contribution < -0.4 is 4.72 Å². The summed E-state index contributed by atoms with van der Waals surface area (Å²) in [7, 11) is -3.50. The maximum absolute atomic E-state index is 12.5. The van der Waals surface area contributed by atoms with E-state index >= 15 is 0 Å². The van der Waals surface area contributed by atoms with Gasteiger partial charge in [-0.05, 0) is 31.7 Å². The number of hydrogen-bond donors (Lipinski definition) is 1. The van der Waals surface area contributed by atoms with Crippen molar-refractivity contribution in [2.45, 2.75) is 50.0 Å². The minimum absolute atomic E-state index is 0.303. The van der Waals surface area contributed by atoms with Crippen LogP contribution in [0.4, 0.5) is 0 Å². The van der Waals surface area contributed by atoms with Crippen molar-refractivity contribution in [2.75, 3.05) is 6.54 Å². The quantitative estimate of drug-likeness (QED) is 0.884. The van der Waals surface area contributed by atoms with Crippen LogP contribution in [0.15, 0.2) is 41.4 Å². The number of benzene rings is 1. The van der Waals surface area contributed by atoms with Crippen LogP contribution >= 0.6 is 0 Å². The fraction of sp³-hybridized carbons (Fsp3) is 0.471. The van der Waals surface area contributed by atoms with E-state index in [0.29, 0.717) is 29.6 Å². The van der Waals surface area contributed by atoms with Crippen LogP contribution in [0.1, 0.15) is 43.0 Å². The van der Waals surface area contributed by atoms with Gasteiger partial charge >= 0.3 is 0 Å². The van der Waals surface area contributed by atoms with E-state index in [9.17, 15) is 8.42 Å². The number of nitrogens with one attached hydrogen (secondary N) is 1. The van der Waals surface area contributed by atoms with Crippen molar-refractivity contribution in [1.82, 2.24) is 14.5 Å². The van der Waals surface area contributed by atoms with E-state index in [1.165, 1.54) is 12.8 Å². The summed E-state index contributed by atoms with van der Waals surface area (Å²) in [5, 5.41) is 4.42. The predicted octanol–water partition coefficient (Wildman–Crippen LogP) is 2.83. The summed E-state index contributed by atoms with van der Waals surface area (Å²) in [6.07, 6.45) is 6.93. The molecule has 0 aliphatic heterocycles. The van der Waals surface area contributed by atoms with Crippen molar-refractivity contribution in [3.8, 4) is 0 Å². The first-order chi connectivity index (χ1) is 11.1. The molecule has 1 aliphatic carbocycles. The largest absolute Gasteiger partial charge is 0.268 e. The SMILES string of the molecule is Cc1nn(C2CCCC2)cc1S(=O)(=O)NCCc1ccccc1. The van der Waals surface area contributed by atoms with E-state index in [0.717, 1.165) is 18.4 Å². The highest BCUT2D eigenvalue weighted by molar-refractivity contribution is 7.89. The van der Waals surface area contributed by atoms with Crippen LogP contribution in [-0.2, 0) is 16.4 Å². The van der Waals surface area contributed by atoms with Crippen LogP contribution in [0.2, 0.25) is 0 Å². The summed E-state index contributed by atoms with van der Waals surface area (Å²) in [4.78, 5) is 0.303. The lowest BCUT2D eigenvalue weighted by molar-refractivity contribution is 0.464. The average Bonchev–Trinajstić information content (AvgIpc) is 3.17. The molecule has 3 rings (SSSR count). The molecule has 1 saturated carbocycles. The van der Waals surface area contributed by atoms with Crippen LogP contribution in [0, 0.1) is 6.92 Å². The van der Waals surface area contributed by atoms with E-state index < -0.39 is 10.0 Å². The first-order valence-electron chi connectivity index (χ1n) is 8.15. The smallest absolute Gasteiger partial charge is 0.243 e. The van der Waals surface area contributed by atoms with E-state index in [1.807, 2.05) is 35.0 Å². The summed E-state index contributed by atoms with van der Waals surface area (Å²) < 4.78 is 29.5. The number of nitrogens with zero attached hydrogens (tertiary/aromatic N) is 2. The Balaban J connectivity index is 1.67. The molecule has 5 nitrogen and oxygen atoms in total. The fourth-order valence-electron chi connectivity index (χ4n) is 3.14. The molecule has 23 heavy (non-hydrogen) atoms. The molecule has 0 radical (unpaired) electrons. The van der Waals surface area contributed by atoms with Crippen molar-refractivity contribution in [2.24, 2.45) is 0 Å². The second-order valence-corrected chi connectivity index (χ2v) is 7.87. The van der Waals surface area contributed by atoms with E-state index in [4.69, 9.17) is 0 Å². The number of rotatable bonds is 6. The molecule has 0 bridgehead atoms. The monoisotopic (exact) mass is 333 g/mol.